The maximum absolute atomic E-state index is 2.08. The van der Waals surface area contributed by atoms with E-state index < -0.39 is 0 Å². The van der Waals surface area contributed by atoms with Gasteiger partial charge in [-0.15, -0.1) is 0 Å². The van der Waals surface area contributed by atoms with Gasteiger partial charge in [-0.25, -0.2) is 0 Å². The predicted molar refractivity (Wildman–Crippen MR) is 26.2 cm³/mol. The van der Waals surface area contributed by atoms with Crippen molar-refractivity contribution in [3.63, 3.8) is 0 Å². The maximum Gasteiger partial charge on any atom is -1.00 e. The molecule has 0 aliphatic carbocycles. The summed E-state index contributed by atoms with van der Waals surface area (Å²) in [5, 5.41) is 0. The van der Waals surface area contributed by atoms with Gasteiger partial charge in [0.2, 0.25) is 0 Å². The second-order valence-electron chi connectivity index (χ2n) is 0.854. The number of hydrogen-bond acceptors (Lipinski definition) is 0. The first-order chi connectivity index (χ1) is 2.91. The maximum atomic E-state index is 2.08. The van der Waals surface area contributed by atoms with E-state index in [4.69, 9.17) is 0 Å². The van der Waals surface area contributed by atoms with Crippen molar-refractivity contribution in [3.8, 4) is 0 Å². The van der Waals surface area contributed by atoms with Crippen LogP contribution in [-0.4, -0.2) is 0 Å². The van der Waals surface area contributed by atoms with Crippen molar-refractivity contribution in [1.29, 1.82) is 0 Å². The third-order valence-corrected chi connectivity index (χ3v) is 0.947. The molecule has 0 amide bonds. The number of hydrogen-bond donors (Lipinski definition) is 0. The van der Waals surface area contributed by atoms with Crippen molar-refractivity contribution >= 4 is 0 Å². The van der Waals surface area contributed by atoms with Crippen molar-refractivity contribution in [2.45, 2.75) is 6.92 Å². The largest absolute Gasteiger partial charge is 1.00 e. The molecule has 0 aromatic rings. The van der Waals surface area contributed by atoms with E-state index in [1.54, 1.807) is 0 Å². The van der Waals surface area contributed by atoms with Crippen molar-refractivity contribution in [3.05, 3.63) is 22.7 Å². The van der Waals surface area contributed by atoms with E-state index in [-0.39, 0.29) is 2.85 Å². The number of rotatable bonds is 1. The molecule has 6 heavy (non-hydrogen) atoms. The van der Waals surface area contributed by atoms with Crippen LogP contribution in [0.3, 0.4) is 0 Å². The Morgan fingerprint density at radius 1 is 1.50 bits per heavy atom. The van der Waals surface area contributed by atoms with Gasteiger partial charge in [0, 0.05) is 0 Å². The Labute approximate surface area is 52.8 Å². The molecule has 0 bridgehead atoms. The molecule has 0 unspecified atom stereocenters. The molecule has 0 saturated carbocycles. The molecular weight excluding hydrogens is 244 g/mol. The summed E-state index contributed by atoms with van der Waals surface area (Å²) in [5.74, 6) is 0. The molecule has 0 aliphatic rings. The van der Waals surface area contributed by atoms with E-state index in [1.165, 1.54) is 19.8 Å². The van der Waals surface area contributed by atoms with E-state index in [0.29, 0.717) is 0 Å². The standard InChI is InChI=1S/C5H7.W.2H/c1-3-5-4-2;;;/h1,3-5H,2H3;;;/q;+2;2*-1. The van der Waals surface area contributed by atoms with Crippen molar-refractivity contribution in [2.75, 3.05) is 0 Å². The smallest absolute Gasteiger partial charge is 1.00 e. The van der Waals surface area contributed by atoms with Crippen molar-refractivity contribution in [2.24, 2.45) is 0 Å². The zero-order valence-corrected chi connectivity index (χ0v) is 6.65. The average molecular weight is 253 g/mol. The molecule has 0 fully saturated rings. The van der Waals surface area contributed by atoms with Crippen LogP contribution in [0.25, 0.3) is 0 Å². The van der Waals surface area contributed by atoms with Gasteiger partial charge >= 0.3 is 49.4 Å². The van der Waals surface area contributed by atoms with Crippen LogP contribution in [0.5, 0.6) is 0 Å². The molecule has 0 heterocycles. The Bertz CT molecular complexity index is 58.8. The molecule has 0 saturated heterocycles. The molecule has 0 nitrogen and oxygen atoms in total. The quantitative estimate of drug-likeness (QED) is 0.625. The third kappa shape index (κ3) is 4.17. The van der Waals surface area contributed by atoms with Crippen LogP contribution in [-0.2, 0) is 19.8 Å². The van der Waals surface area contributed by atoms with E-state index in [2.05, 4.69) is 4.47 Å². The van der Waals surface area contributed by atoms with Gasteiger partial charge < -0.3 is 2.85 Å². The van der Waals surface area contributed by atoms with Crippen LogP contribution in [0.15, 0.2) is 22.7 Å². The van der Waals surface area contributed by atoms with E-state index in [0.717, 1.165) is 0 Å². The zero-order valence-electron chi connectivity index (χ0n) is 5.72. The third-order valence-electron chi connectivity index (χ3n) is 0.382. The molecule has 0 aromatic carbocycles. The van der Waals surface area contributed by atoms with Crippen molar-refractivity contribution < 1.29 is 22.7 Å². The Balaban J connectivity index is -0.000000125. The minimum atomic E-state index is 0. The summed E-state index contributed by atoms with van der Waals surface area (Å²) in [6.45, 7) is 2.01. The summed E-state index contributed by atoms with van der Waals surface area (Å²) < 4.78 is 2.08. The fourth-order valence-electron chi connectivity index (χ4n) is 0.156. The molecule has 0 radical (unpaired) electrons. The van der Waals surface area contributed by atoms with Gasteiger partial charge in [0.1, 0.15) is 0 Å². The summed E-state index contributed by atoms with van der Waals surface area (Å²) in [5.41, 5.74) is 0. The topological polar surface area (TPSA) is 0 Å². The monoisotopic (exact) mass is 253 g/mol. The summed E-state index contributed by atoms with van der Waals surface area (Å²) in [7, 11) is 0. The molecule has 35 valence electrons. The second-order valence-corrected chi connectivity index (χ2v) is 1.83. The van der Waals surface area contributed by atoms with Gasteiger partial charge in [-0.2, -0.15) is 0 Å². The van der Waals surface area contributed by atoms with Gasteiger partial charge in [-0.3, -0.25) is 0 Å². The molecule has 0 N–H and O–H groups in total. The van der Waals surface area contributed by atoms with Gasteiger partial charge in [-0.05, 0) is 0 Å². The SMILES string of the molecule is CC=CC=[CH][W+2].[H-].[H-]. The molecule has 0 rings (SSSR count). The molecule has 1 heteroatoms. The van der Waals surface area contributed by atoms with Crippen LogP contribution in [0.2, 0.25) is 0 Å². The molecule has 0 aromatic heterocycles. The van der Waals surface area contributed by atoms with E-state index in [1.807, 2.05) is 25.2 Å². The van der Waals surface area contributed by atoms with E-state index in [9.17, 15) is 0 Å². The molecule has 0 spiro atoms. The Hall–Kier alpha value is 0.168. The van der Waals surface area contributed by atoms with Crippen LogP contribution in [0.4, 0.5) is 0 Å². The fourth-order valence-corrected chi connectivity index (χ4v) is 0.482. The van der Waals surface area contributed by atoms with Crippen LogP contribution >= 0.6 is 0 Å². The molecule has 0 aliphatic heterocycles. The van der Waals surface area contributed by atoms with Gasteiger partial charge in [0.05, 0.1) is 0 Å². The van der Waals surface area contributed by atoms with Gasteiger partial charge in [0.15, 0.2) is 0 Å². The Kier molecular flexibility index (Phi) is 5.31. The fraction of sp³-hybridized carbons (Fsp3) is 0.200. The summed E-state index contributed by atoms with van der Waals surface area (Å²) in [6, 6.07) is 0. The van der Waals surface area contributed by atoms with Crippen LogP contribution in [0.1, 0.15) is 9.78 Å². The summed E-state index contributed by atoms with van der Waals surface area (Å²) in [4.78, 5) is 0. The Morgan fingerprint density at radius 2 is 2.17 bits per heavy atom. The zero-order chi connectivity index (χ0) is 4.83. The van der Waals surface area contributed by atoms with Gasteiger partial charge in [0.25, 0.3) is 0 Å². The second kappa shape index (κ2) is 5.17. The first-order valence-corrected chi connectivity index (χ1v) is 3.51. The predicted octanol–water partition coefficient (Wildman–Crippen LogP) is 1.85. The summed E-state index contributed by atoms with van der Waals surface area (Å²) >= 11 is 1.50. The van der Waals surface area contributed by atoms with Gasteiger partial charge in [-0.1, -0.05) is 0 Å². The molecular formula is C5H9W. The first kappa shape index (κ1) is 6.17. The minimum Gasteiger partial charge on any atom is -1.00 e. The molecule has 0 atom stereocenters. The summed E-state index contributed by atoms with van der Waals surface area (Å²) in [6.07, 6.45) is 6.07. The van der Waals surface area contributed by atoms with Crippen LogP contribution < -0.4 is 0 Å². The Morgan fingerprint density at radius 3 is 2.33 bits per heavy atom. The first-order valence-electron chi connectivity index (χ1n) is 1.81. The minimum absolute atomic E-state index is 0. The number of allylic oxidation sites excluding steroid dienone is 3. The normalized spacial score (nSPS) is 11.3. The van der Waals surface area contributed by atoms with E-state index >= 15 is 0 Å². The van der Waals surface area contributed by atoms with Crippen LogP contribution in [0, 0.1) is 0 Å². The average Bonchev–Trinajstić information content (AvgIpc) is 1.61. The van der Waals surface area contributed by atoms with Crippen molar-refractivity contribution in [1.82, 2.24) is 0 Å².